The summed E-state index contributed by atoms with van der Waals surface area (Å²) in [6.07, 6.45) is 0. The molecule has 0 saturated heterocycles. The summed E-state index contributed by atoms with van der Waals surface area (Å²) in [4.78, 5) is 0. The van der Waals surface area contributed by atoms with E-state index in [9.17, 15) is 0 Å². The number of rotatable bonds is 4. The van der Waals surface area contributed by atoms with Crippen molar-refractivity contribution in [1.29, 1.82) is 5.41 Å². The minimum atomic E-state index is 0.577. The molecule has 2 N–H and O–H groups in total. The Kier molecular flexibility index (Phi) is 3.65. The van der Waals surface area contributed by atoms with Gasteiger partial charge in [0.25, 0.3) is 0 Å². The first-order valence-corrected chi connectivity index (χ1v) is 4.56. The van der Waals surface area contributed by atoms with Gasteiger partial charge in [0, 0.05) is 17.7 Å². The van der Waals surface area contributed by atoms with Crippen molar-refractivity contribution in [2.45, 2.75) is 6.92 Å². The molecule has 0 heterocycles. The van der Waals surface area contributed by atoms with Crippen molar-refractivity contribution < 1.29 is 4.74 Å². The maximum Gasteiger partial charge on any atom is 0.122 e. The Labute approximate surface area is 84.6 Å². The third-order valence-electron chi connectivity index (χ3n) is 2.18. The predicted molar refractivity (Wildman–Crippen MR) is 58.5 cm³/mol. The van der Waals surface area contributed by atoms with Gasteiger partial charge in [0.1, 0.15) is 5.75 Å². The number of benzene rings is 1. The Balaban J connectivity index is 3.03. The lowest BCUT2D eigenvalue weighted by Crippen LogP contribution is -2.19. The quantitative estimate of drug-likeness (QED) is 0.711. The van der Waals surface area contributed by atoms with Gasteiger partial charge in [0.05, 0.1) is 12.8 Å². The Hall–Kier alpha value is -1.35. The van der Waals surface area contributed by atoms with Crippen LogP contribution < -0.4 is 10.1 Å². The molecule has 1 rings (SSSR count). The second-order valence-corrected chi connectivity index (χ2v) is 3.14. The van der Waals surface area contributed by atoms with Crippen molar-refractivity contribution in [1.82, 2.24) is 5.32 Å². The lowest BCUT2D eigenvalue weighted by molar-refractivity contribution is 0.411. The second-order valence-electron chi connectivity index (χ2n) is 3.14. The molecule has 76 valence electrons. The molecule has 14 heavy (non-hydrogen) atoms. The van der Waals surface area contributed by atoms with Crippen LogP contribution in [0.2, 0.25) is 0 Å². The summed E-state index contributed by atoms with van der Waals surface area (Å²) in [7, 11) is 3.48. The summed E-state index contributed by atoms with van der Waals surface area (Å²) >= 11 is 0. The number of ether oxygens (including phenoxy) is 1. The van der Waals surface area contributed by atoms with E-state index in [0.717, 1.165) is 16.9 Å². The predicted octanol–water partition coefficient (Wildman–Crippen LogP) is 1.59. The van der Waals surface area contributed by atoms with Gasteiger partial charge < -0.3 is 15.5 Å². The van der Waals surface area contributed by atoms with Crippen LogP contribution in [-0.4, -0.2) is 26.4 Å². The van der Waals surface area contributed by atoms with Crippen molar-refractivity contribution in [3.8, 4) is 5.75 Å². The molecule has 0 aromatic heterocycles. The first-order chi connectivity index (χ1) is 6.70. The lowest BCUT2D eigenvalue weighted by Gasteiger charge is -2.10. The zero-order valence-corrected chi connectivity index (χ0v) is 8.85. The van der Waals surface area contributed by atoms with E-state index in [1.807, 2.05) is 32.2 Å². The molecule has 1 aromatic rings. The third kappa shape index (κ3) is 2.12. The van der Waals surface area contributed by atoms with Crippen LogP contribution in [0.25, 0.3) is 0 Å². The minimum absolute atomic E-state index is 0.577. The normalized spacial score (nSPS) is 9.93. The van der Waals surface area contributed by atoms with E-state index in [-0.39, 0.29) is 0 Å². The van der Waals surface area contributed by atoms with E-state index in [2.05, 4.69) is 5.32 Å². The van der Waals surface area contributed by atoms with Crippen LogP contribution in [-0.2, 0) is 0 Å². The Morgan fingerprint density at radius 3 is 2.79 bits per heavy atom. The van der Waals surface area contributed by atoms with E-state index < -0.39 is 0 Å². The molecule has 0 unspecified atom stereocenters. The van der Waals surface area contributed by atoms with E-state index in [1.165, 1.54) is 0 Å². The van der Waals surface area contributed by atoms with Crippen LogP contribution in [0.15, 0.2) is 18.2 Å². The van der Waals surface area contributed by atoms with Crippen LogP contribution in [0.4, 0.5) is 0 Å². The molecule has 3 nitrogen and oxygen atoms in total. The molecule has 0 aliphatic rings. The molecule has 0 amide bonds. The molecule has 0 spiro atoms. The van der Waals surface area contributed by atoms with Gasteiger partial charge in [-0.05, 0) is 20.0 Å². The highest BCUT2D eigenvalue weighted by atomic mass is 16.5. The molecular formula is C11H16N2O. The lowest BCUT2D eigenvalue weighted by atomic mass is 10.0. The molecular weight excluding hydrogens is 176 g/mol. The van der Waals surface area contributed by atoms with Gasteiger partial charge in [-0.1, -0.05) is 12.1 Å². The van der Waals surface area contributed by atoms with Gasteiger partial charge in [-0.15, -0.1) is 0 Å². The fourth-order valence-corrected chi connectivity index (χ4v) is 1.43. The van der Waals surface area contributed by atoms with E-state index in [4.69, 9.17) is 10.1 Å². The van der Waals surface area contributed by atoms with Crippen LogP contribution in [0.1, 0.15) is 11.1 Å². The average molecular weight is 192 g/mol. The molecule has 0 atom stereocenters. The van der Waals surface area contributed by atoms with Crippen molar-refractivity contribution >= 4 is 5.71 Å². The second kappa shape index (κ2) is 4.77. The van der Waals surface area contributed by atoms with Crippen LogP contribution in [0, 0.1) is 12.3 Å². The highest BCUT2D eigenvalue weighted by molar-refractivity contribution is 6.01. The monoisotopic (exact) mass is 192 g/mol. The van der Waals surface area contributed by atoms with E-state index in [1.54, 1.807) is 7.11 Å². The zero-order valence-electron chi connectivity index (χ0n) is 8.85. The van der Waals surface area contributed by atoms with Gasteiger partial charge in [-0.25, -0.2) is 0 Å². The number of methoxy groups -OCH3 is 1. The molecule has 3 heteroatoms. The summed E-state index contributed by atoms with van der Waals surface area (Å²) in [5.74, 6) is 0.836. The van der Waals surface area contributed by atoms with Crippen LogP contribution in [0.3, 0.4) is 0 Å². The van der Waals surface area contributed by atoms with Crippen molar-refractivity contribution in [3.63, 3.8) is 0 Å². The summed E-state index contributed by atoms with van der Waals surface area (Å²) in [5.41, 5.74) is 2.55. The van der Waals surface area contributed by atoms with Crippen molar-refractivity contribution in [3.05, 3.63) is 29.3 Å². The summed E-state index contributed by atoms with van der Waals surface area (Å²) in [6, 6.07) is 5.76. The largest absolute Gasteiger partial charge is 0.496 e. The molecule has 0 fully saturated rings. The summed E-state index contributed by atoms with van der Waals surface area (Å²) < 4.78 is 5.20. The van der Waals surface area contributed by atoms with E-state index in [0.29, 0.717) is 12.3 Å². The maximum absolute atomic E-state index is 7.82. The minimum Gasteiger partial charge on any atom is -0.496 e. The highest BCUT2D eigenvalue weighted by Gasteiger charge is 2.07. The SMILES string of the molecule is CNCC(=N)c1cccc(OC)c1C. The van der Waals surface area contributed by atoms with E-state index >= 15 is 0 Å². The van der Waals surface area contributed by atoms with Gasteiger partial charge in [-0.3, -0.25) is 0 Å². The topological polar surface area (TPSA) is 45.1 Å². The third-order valence-corrected chi connectivity index (χ3v) is 2.18. The smallest absolute Gasteiger partial charge is 0.122 e. The van der Waals surface area contributed by atoms with Crippen molar-refractivity contribution in [2.24, 2.45) is 0 Å². The summed E-state index contributed by atoms with van der Waals surface area (Å²) in [6.45, 7) is 2.55. The zero-order chi connectivity index (χ0) is 10.6. The Bertz CT molecular complexity index is 334. The first kappa shape index (κ1) is 10.7. The number of hydrogen-bond acceptors (Lipinski definition) is 3. The number of likely N-dealkylation sites (N-methyl/N-ethyl adjacent to an activating group) is 1. The molecule has 0 saturated carbocycles. The van der Waals surface area contributed by atoms with Gasteiger partial charge >= 0.3 is 0 Å². The number of hydrogen-bond donors (Lipinski definition) is 2. The van der Waals surface area contributed by atoms with Crippen LogP contribution in [0.5, 0.6) is 5.75 Å². The fourth-order valence-electron chi connectivity index (χ4n) is 1.43. The van der Waals surface area contributed by atoms with Crippen LogP contribution >= 0.6 is 0 Å². The standard InChI is InChI=1S/C11H16N2O/c1-8-9(10(12)7-13-2)5-4-6-11(8)14-3/h4-6,12-13H,7H2,1-3H3. The highest BCUT2D eigenvalue weighted by Crippen LogP contribution is 2.20. The molecule has 0 aliphatic heterocycles. The van der Waals surface area contributed by atoms with Gasteiger partial charge in [-0.2, -0.15) is 0 Å². The van der Waals surface area contributed by atoms with Gasteiger partial charge in [0.15, 0.2) is 0 Å². The van der Waals surface area contributed by atoms with Gasteiger partial charge in [0.2, 0.25) is 0 Å². The average Bonchev–Trinajstić information content (AvgIpc) is 2.18. The Morgan fingerprint density at radius 1 is 1.50 bits per heavy atom. The Morgan fingerprint density at radius 2 is 2.21 bits per heavy atom. The molecule has 0 aliphatic carbocycles. The molecule has 1 aromatic carbocycles. The first-order valence-electron chi connectivity index (χ1n) is 4.56. The molecule has 0 bridgehead atoms. The maximum atomic E-state index is 7.82. The summed E-state index contributed by atoms with van der Waals surface area (Å²) in [5, 5.41) is 10.8. The fraction of sp³-hybridized carbons (Fsp3) is 0.364. The number of nitrogens with one attached hydrogen (secondary N) is 2. The van der Waals surface area contributed by atoms with Crippen molar-refractivity contribution in [2.75, 3.05) is 20.7 Å². The molecule has 0 radical (unpaired) electrons.